The molecule has 1 rings (SSSR count). The van der Waals surface area contributed by atoms with Crippen LogP contribution in [0.25, 0.3) is 0 Å². The summed E-state index contributed by atoms with van der Waals surface area (Å²) in [4.78, 5) is 2.92. The largest absolute Gasteiger partial charge is 0.388 e. The first-order valence-corrected chi connectivity index (χ1v) is 4.25. The Labute approximate surface area is 73.7 Å². The first-order valence-electron chi connectivity index (χ1n) is 3.46. The summed E-state index contributed by atoms with van der Waals surface area (Å²) in [6.07, 6.45) is 1.93. The maximum absolute atomic E-state index is 9.41. The molecule has 0 amide bonds. The lowest BCUT2D eigenvalue weighted by molar-refractivity contribution is 0.170. The molecular formula is C7H11BrN2O. The van der Waals surface area contributed by atoms with Crippen LogP contribution in [0.3, 0.4) is 0 Å². The number of nitrogens with one attached hydrogen (secondary N) is 1. The van der Waals surface area contributed by atoms with Gasteiger partial charge in [-0.2, -0.15) is 0 Å². The van der Waals surface area contributed by atoms with Gasteiger partial charge in [0.2, 0.25) is 0 Å². The molecule has 1 heterocycles. The standard InChI is InChI=1S/C7H11BrN2O/c8-7-3-5(4-10-7)6(11)1-2-9/h3-4,6,10-11H,1-2,9H2. The number of hydrogen-bond acceptors (Lipinski definition) is 2. The highest BCUT2D eigenvalue weighted by atomic mass is 79.9. The Hall–Kier alpha value is -0.320. The minimum Gasteiger partial charge on any atom is -0.388 e. The number of H-pyrrole nitrogens is 1. The molecule has 0 bridgehead atoms. The Morgan fingerprint density at radius 2 is 2.45 bits per heavy atom. The Morgan fingerprint density at radius 3 is 2.91 bits per heavy atom. The zero-order valence-electron chi connectivity index (χ0n) is 6.05. The van der Waals surface area contributed by atoms with Gasteiger partial charge < -0.3 is 15.8 Å². The molecule has 3 nitrogen and oxygen atoms in total. The zero-order valence-corrected chi connectivity index (χ0v) is 7.63. The monoisotopic (exact) mass is 218 g/mol. The maximum Gasteiger partial charge on any atom is 0.0823 e. The lowest BCUT2D eigenvalue weighted by Gasteiger charge is -2.04. The van der Waals surface area contributed by atoms with E-state index in [-0.39, 0.29) is 0 Å². The third-order valence-electron chi connectivity index (χ3n) is 1.49. The molecule has 0 aromatic carbocycles. The molecule has 1 aromatic rings. The fourth-order valence-corrected chi connectivity index (χ4v) is 1.28. The SMILES string of the molecule is NCCC(O)c1c[nH]c(Br)c1. The number of aromatic amines is 1. The second kappa shape index (κ2) is 3.90. The average molecular weight is 219 g/mol. The van der Waals surface area contributed by atoms with Gasteiger partial charge >= 0.3 is 0 Å². The number of hydrogen-bond donors (Lipinski definition) is 3. The Balaban J connectivity index is 2.60. The van der Waals surface area contributed by atoms with Crippen molar-refractivity contribution in [3.05, 3.63) is 22.4 Å². The van der Waals surface area contributed by atoms with Crippen molar-refractivity contribution in [1.29, 1.82) is 0 Å². The van der Waals surface area contributed by atoms with Crippen LogP contribution in [0.1, 0.15) is 18.1 Å². The molecule has 0 aliphatic rings. The van der Waals surface area contributed by atoms with Crippen molar-refractivity contribution in [2.75, 3.05) is 6.54 Å². The zero-order chi connectivity index (χ0) is 8.27. The molecule has 0 aliphatic heterocycles. The van der Waals surface area contributed by atoms with Gasteiger partial charge in [0, 0.05) is 6.20 Å². The van der Waals surface area contributed by atoms with E-state index in [4.69, 9.17) is 5.73 Å². The summed E-state index contributed by atoms with van der Waals surface area (Å²) in [6, 6.07) is 1.85. The number of aliphatic hydroxyl groups is 1. The fourth-order valence-electron chi connectivity index (χ4n) is 0.899. The van der Waals surface area contributed by atoms with Crippen LogP contribution >= 0.6 is 15.9 Å². The van der Waals surface area contributed by atoms with Gasteiger partial charge in [-0.15, -0.1) is 0 Å². The van der Waals surface area contributed by atoms with Crippen LogP contribution < -0.4 is 5.73 Å². The Bertz CT molecular complexity index is 224. The lowest BCUT2D eigenvalue weighted by Crippen LogP contribution is -2.05. The molecule has 4 heteroatoms. The first kappa shape index (κ1) is 8.77. The quantitative estimate of drug-likeness (QED) is 0.714. The topological polar surface area (TPSA) is 62.0 Å². The molecule has 0 aliphatic carbocycles. The summed E-state index contributed by atoms with van der Waals surface area (Å²) in [6.45, 7) is 0.504. The van der Waals surface area contributed by atoms with E-state index in [1.807, 2.05) is 6.07 Å². The molecule has 0 spiro atoms. The molecule has 0 saturated carbocycles. The molecule has 0 saturated heterocycles. The van der Waals surface area contributed by atoms with E-state index in [0.29, 0.717) is 13.0 Å². The van der Waals surface area contributed by atoms with Crippen LogP contribution in [-0.2, 0) is 0 Å². The van der Waals surface area contributed by atoms with Crippen molar-refractivity contribution in [2.24, 2.45) is 5.73 Å². The highest BCUT2D eigenvalue weighted by Gasteiger charge is 2.06. The molecule has 1 atom stereocenters. The molecule has 11 heavy (non-hydrogen) atoms. The van der Waals surface area contributed by atoms with Crippen LogP contribution in [0.4, 0.5) is 0 Å². The van der Waals surface area contributed by atoms with Crippen molar-refractivity contribution in [1.82, 2.24) is 4.98 Å². The third-order valence-corrected chi connectivity index (χ3v) is 1.95. The van der Waals surface area contributed by atoms with Gasteiger partial charge in [0.1, 0.15) is 0 Å². The van der Waals surface area contributed by atoms with E-state index >= 15 is 0 Å². The molecule has 62 valence electrons. The van der Waals surface area contributed by atoms with Crippen molar-refractivity contribution < 1.29 is 5.11 Å². The van der Waals surface area contributed by atoms with Crippen LogP contribution in [0, 0.1) is 0 Å². The van der Waals surface area contributed by atoms with Crippen LogP contribution in [0.5, 0.6) is 0 Å². The fraction of sp³-hybridized carbons (Fsp3) is 0.429. The predicted octanol–water partition coefficient (Wildman–Crippen LogP) is 1.16. The van der Waals surface area contributed by atoms with Crippen LogP contribution in [0.2, 0.25) is 0 Å². The Kier molecular flexibility index (Phi) is 3.11. The van der Waals surface area contributed by atoms with Gasteiger partial charge in [-0.1, -0.05) is 0 Å². The van der Waals surface area contributed by atoms with Gasteiger partial charge in [0.15, 0.2) is 0 Å². The number of aliphatic hydroxyl groups excluding tert-OH is 1. The highest BCUT2D eigenvalue weighted by Crippen LogP contribution is 2.19. The van der Waals surface area contributed by atoms with E-state index in [1.165, 1.54) is 0 Å². The normalized spacial score (nSPS) is 13.4. The summed E-state index contributed by atoms with van der Waals surface area (Å²) in [5.41, 5.74) is 6.17. The van der Waals surface area contributed by atoms with E-state index < -0.39 is 6.10 Å². The van der Waals surface area contributed by atoms with Gasteiger partial charge in [0.05, 0.1) is 10.7 Å². The average Bonchev–Trinajstić information content (AvgIpc) is 2.36. The summed E-state index contributed by atoms with van der Waals surface area (Å²) in [5, 5.41) is 9.41. The van der Waals surface area contributed by atoms with Crippen LogP contribution in [-0.4, -0.2) is 16.6 Å². The van der Waals surface area contributed by atoms with E-state index in [9.17, 15) is 5.11 Å². The van der Waals surface area contributed by atoms with Crippen LogP contribution in [0.15, 0.2) is 16.9 Å². The molecule has 0 radical (unpaired) electrons. The van der Waals surface area contributed by atoms with Crippen molar-refractivity contribution in [3.63, 3.8) is 0 Å². The minimum absolute atomic E-state index is 0.442. The third kappa shape index (κ3) is 2.32. The van der Waals surface area contributed by atoms with Gasteiger partial charge in [-0.05, 0) is 40.5 Å². The second-order valence-corrected chi connectivity index (χ2v) is 3.23. The molecule has 4 N–H and O–H groups in total. The minimum atomic E-state index is -0.442. The summed E-state index contributed by atoms with van der Waals surface area (Å²) in [7, 11) is 0. The van der Waals surface area contributed by atoms with Gasteiger partial charge in [-0.25, -0.2) is 0 Å². The van der Waals surface area contributed by atoms with E-state index in [0.717, 1.165) is 10.2 Å². The van der Waals surface area contributed by atoms with E-state index in [1.54, 1.807) is 6.20 Å². The number of halogens is 1. The lowest BCUT2D eigenvalue weighted by atomic mass is 10.1. The number of nitrogens with two attached hydrogens (primary N) is 1. The first-order chi connectivity index (χ1) is 5.24. The maximum atomic E-state index is 9.41. The summed E-state index contributed by atoms with van der Waals surface area (Å²) < 4.78 is 0.878. The number of aromatic nitrogens is 1. The summed E-state index contributed by atoms with van der Waals surface area (Å²) in [5.74, 6) is 0. The van der Waals surface area contributed by atoms with Gasteiger partial charge in [-0.3, -0.25) is 0 Å². The highest BCUT2D eigenvalue weighted by molar-refractivity contribution is 9.10. The smallest absolute Gasteiger partial charge is 0.0823 e. The predicted molar refractivity (Wildman–Crippen MR) is 47.1 cm³/mol. The molecule has 1 unspecified atom stereocenters. The van der Waals surface area contributed by atoms with Gasteiger partial charge in [0.25, 0.3) is 0 Å². The van der Waals surface area contributed by atoms with Crippen molar-refractivity contribution >= 4 is 15.9 Å². The molecule has 1 aromatic heterocycles. The second-order valence-electron chi connectivity index (χ2n) is 2.37. The van der Waals surface area contributed by atoms with Crippen molar-refractivity contribution in [2.45, 2.75) is 12.5 Å². The van der Waals surface area contributed by atoms with Crippen molar-refractivity contribution in [3.8, 4) is 0 Å². The van der Waals surface area contributed by atoms with E-state index in [2.05, 4.69) is 20.9 Å². The summed E-state index contributed by atoms with van der Waals surface area (Å²) >= 11 is 3.25. The number of rotatable bonds is 3. The molecular weight excluding hydrogens is 208 g/mol. The Morgan fingerprint density at radius 1 is 1.73 bits per heavy atom. The molecule has 0 fully saturated rings.